The van der Waals surface area contributed by atoms with Gasteiger partial charge >= 0.3 is 0 Å². The van der Waals surface area contributed by atoms with E-state index in [0.717, 1.165) is 18.7 Å². The van der Waals surface area contributed by atoms with Crippen LogP contribution in [0.5, 0.6) is 17.2 Å². The van der Waals surface area contributed by atoms with E-state index < -0.39 is 6.10 Å². The summed E-state index contributed by atoms with van der Waals surface area (Å²) in [7, 11) is 3.11. The fourth-order valence-electron chi connectivity index (χ4n) is 3.51. The number of ether oxygens (including phenoxy) is 3. The first-order valence-electron chi connectivity index (χ1n) is 9.82. The maximum atomic E-state index is 12.8. The monoisotopic (exact) mass is 397 g/mol. The molecule has 0 aromatic heterocycles. The minimum Gasteiger partial charge on any atom is -0.493 e. The molecule has 0 spiro atoms. The van der Waals surface area contributed by atoms with E-state index in [4.69, 9.17) is 14.2 Å². The molecule has 0 aliphatic heterocycles. The zero-order valence-electron chi connectivity index (χ0n) is 17.4. The van der Waals surface area contributed by atoms with E-state index in [1.54, 1.807) is 44.6 Å². The summed E-state index contributed by atoms with van der Waals surface area (Å²) in [5.74, 6) is 1.67. The van der Waals surface area contributed by atoms with Crippen LogP contribution in [-0.2, 0) is 6.42 Å². The number of methoxy groups -OCH3 is 2. The number of rotatable bonds is 9. The van der Waals surface area contributed by atoms with Crippen LogP contribution in [0.3, 0.4) is 0 Å². The van der Waals surface area contributed by atoms with Crippen molar-refractivity contribution in [1.29, 1.82) is 0 Å². The van der Waals surface area contributed by atoms with E-state index >= 15 is 0 Å². The highest BCUT2D eigenvalue weighted by molar-refractivity contribution is 6.04. The van der Waals surface area contributed by atoms with Gasteiger partial charge in [0.1, 0.15) is 5.75 Å². The summed E-state index contributed by atoms with van der Waals surface area (Å²) in [6.45, 7) is 6.14. The molecular formula is C23H27NO5. The van der Waals surface area contributed by atoms with Gasteiger partial charge in [0, 0.05) is 17.5 Å². The molecule has 0 saturated carbocycles. The standard InChI is InChI=1S/C23H27NO5/c1-5-24(6-2)14-19(25)15-7-9-17(10-8-15)29-22-12-16-11-20(27-3)21(28-4)13-18(16)23(22)26/h7-11,13,22H,5-6,12,14H2,1-4H3. The van der Waals surface area contributed by atoms with E-state index in [0.29, 0.717) is 41.3 Å². The number of hydrogen-bond acceptors (Lipinski definition) is 6. The predicted octanol–water partition coefficient (Wildman–Crippen LogP) is 3.41. The number of ketones is 2. The van der Waals surface area contributed by atoms with Gasteiger partial charge in [-0.05, 0) is 55.1 Å². The quantitative estimate of drug-likeness (QED) is 0.604. The molecule has 1 unspecified atom stereocenters. The molecule has 2 aromatic rings. The SMILES string of the molecule is CCN(CC)CC(=O)c1ccc(OC2Cc3cc(OC)c(OC)cc3C2=O)cc1. The number of benzene rings is 2. The second-order valence-electron chi connectivity index (χ2n) is 6.95. The Labute approximate surface area is 171 Å². The van der Waals surface area contributed by atoms with Crippen LogP contribution in [0.15, 0.2) is 36.4 Å². The fourth-order valence-corrected chi connectivity index (χ4v) is 3.51. The van der Waals surface area contributed by atoms with Gasteiger partial charge in [0.25, 0.3) is 0 Å². The fraction of sp³-hybridized carbons (Fsp3) is 0.391. The first-order chi connectivity index (χ1) is 14.0. The van der Waals surface area contributed by atoms with Crippen molar-refractivity contribution in [3.8, 4) is 17.2 Å². The average molecular weight is 397 g/mol. The first kappa shape index (κ1) is 20.9. The Morgan fingerprint density at radius 3 is 2.24 bits per heavy atom. The second kappa shape index (κ2) is 9.09. The molecule has 29 heavy (non-hydrogen) atoms. The van der Waals surface area contributed by atoms with E-state index in [1.165, 1.54) is 0 Å². The molecule has 0 heterocycles. The summed E-state index contributed by atoms with van der Waals surface area (Å²) in [5, 5.41) is 0. The molecule has 0 fully saturated rings. The van der Waals surface area contributed by atoms with Crippen LogP contribution in [-0.4, -0.2) is 56.4 Å². The van der Waals surface area contributed by atoms with E-state index in [9.17, 15) is 9.59 Å². The average Bonchev–Trinajstić information content (AvgIpc) is 3.05. The van der Waals surface area contributed by atoms with Crippen molar-refractivity contribution in [2.75, 3.05) is 33.9 Å². The molecule has 1 aliphatic rings. The number of nitrogens with zero attached hydrogens (tertiary/aromatic N) is 1. The topological polar surface area (TPSA) is 65.1 Å². The molecular weight excluding hydrogens is 370 g/mol. The lowest BCUT2D eigenvalue weighted by atomic mass is 10.1. The summed E-state index contributed by atoms with van der Waals surface area (Å²) in [5.41, 5.74) is 2.11. The van der Waals surface area contributed by atoms with E-state index in [-0.39, 0.29) is 11.6 Å². The third kappa shape index (κ3) is 4.43. The molecule has 0 N–H and O–H groups in total. The van der Waals surface area contributed by atoms with Crippen LogP contribution in [0.2, 0.25) is 0 Å². The largest absolute Gasteiger partial charge is 0.493 e. The molecule has 0 amide bonds. The number of hydrogen-bond donors (Lipinski definition) is 0. The summed E-state index contributed by atoms with van der Waals surface area (Å²) in [4.78, 5) is 27.2. The van der Waals surface area contributed by atoms with Crippen molar-refractivity contribution in [3.63, 3.8) is 0 Å². The van der Waals surface area contributed by atoms with Crippen LogP contribution in [0.4, 0.5) is 0 Å². The van der Waals surface area contributed by atoms with Crippen LogP contribution in [0.1, 0.15) is 40.1 Å². The zero-order valence-corrected chi connectivity index (χ0v) is 17.4. The van der Waals surface area contributed by atoms with Gasteiger partial charge in [-0.2, -0.15) is 0 Å². The van der Waals surface area contributed by atoms with Gasteiger partial charge in [0.15, 0.2) is 23.4 Å². The Bertz CT molecular complexity index is 887. The highest BCUT2D eigenvalue weighted by Crippen LogP contribution is 2.35. The van der Waals surface area contributed by atoms with E-state index in [2.05, 4.69) is 4.90 Å². The molecule has 0 bridgehead atoms. The van der Waals surface area contributed by atoms with Gasteiger partial charge in [-0.3, -0.25) is 14.5 Å². The lowest BCUT2D eigenvalue weighted by Gasteiger charge is -2.17. The molecule has 2 aromatic carbocycles. The molecule has 0 radical (unpaired) electrons. The summed E-state index contributed by atoms with van der Waals surface area (Å²) >= 11 is 0. The van der Waals surface area contributed by atoms with E-state index in [1.807, 2.05) is 19.9 Å². The molecule has 6 heteroatoms. The minimum absolute atomic E-state index is 0.0730. The predicted molar refractivity (Wildman–Crippen MR) is 111 cm³/mol. The van der Waals surface area contributed by atoms with Gasteiger partial charge in [0.2, 0.25) is 5.78 Å². The Kier molecular flexibility index (Phi) is 6.54. The number of carbonyl (C=O) groups is 2. The smallest absolute Gasteiger partial charge is 0.204 e. The summed E-state index contributed by atoms with van der Waals surface area (Å²) in [6, 6.07) is 10.5. The Morgan fingerprint density at radius 1 is 1.03 bits per heavy atom. The number of likely N-dealkylation sites (N-methyl/N-ethyl adjacent to an activating group) is 1. The molecule has 154 valence electrons. The van der Waals surface area contributed by atoms with Crippen LogP contribution < -0.4 is 14.2 Å². The highest BCUT2D eigenvalue weighted by atomic mass is 16.5. The van der Waals surface area contributed by atoms with Crippen LogP contribution >= 0.6 is 0 Å². The molecule has 6 nitrogen and oxygen atoms in total. The Morgan fingerprint density at radius 2 is 1.66 bits per heavy atom. The second-order valence-corrected chi connectivity index (χ2v) is 6.95. The third-order valence-electron chi connectivity index (χ3n) is 5.29. The van der Waals surface area contributed by atoms with Crippen molar-refractivity contribution in [1.82, 2.24) is 4.90 Å². The van der Waals surface area contributed by atoms with Crippen LogP contribution in [0, 0.1) is 0 Å². The maximum Gasteiger partial charge on any atom is 0.204 e. The van der Waals surface area contributed by atoms with Gasteiger partial charge in [0.05, 0.1) is 20.8 Å². The molecule has 0 saturated heterocycles. The number of carbonyl (C=O) groups excluding carboxylic acids is 2. The normalized spacial score (nSPS) is 15.3. The summed E-state index contributed by atoms with van der Waals surface area (Å²) in [6.07, 6.45) is -0.129. The van der Waals surface area contributed by atoms with Crippen molar-refractivity contribution in [2.24, 2.45) is 0 Å². The van der Waals surface area contributed by atoms with Crippen LogP contribution in [0.25, 0.3) is 0 Å². The van der Waals surface area contributed by atoms with Crippen molar-refractivity contribution >= 4 is 11.6 Å². The summed E-state index contributed by atoms with van der Waals surface area (Å²) < 4.78 is 16.5. The van der Waals surface area contributed by atoms with Crippen molar-refractivity contribution in [3.05, 3.63) is 53.1 Å². The van der Waals surface area contributed by atoms with Gasteiger partial charge in [-0.15, -0.1) is 0 Å². The lowest BCUT2D eigenvalue weighted by Crippen LogP contribution is -2.29. The highest BCUT2D eigenvalue weighted by Gasteiger charge is 2.33. The van der Waals surface area contributed by atoms with Gasteiger partial charge in [-0.25, -0.2) is 0 Å². The first-order valence-corrected chi connectivity index (χ1v) is 9.82. The zero-order chi connectivity index (χ0) is 21.0. The van der Waals surface area contributed by atoms with Crippen molar-refractivity contribution < 1.29 is 23.8 Å². The van der Waals surface area contributed by atoms with Gasteiger partial charge < -0.3 is 14.2 Å². The third-order valence-corrected chi connectivity index (χ3v) is 5.29. The Hall–Kier alpha value is -2.86. The lowest BCUT2D eigenvalue weighted by molar-refractivity contribution is 0.0820. The minimum atomic E-state index is -0.598. The van der Waals surface area contributed by atoms with Crippen molar-refractivity contribution in [2.45, 2.75) is 26.4 Å². The molecule has 1 atom stereocenters. The van der Waals surface area contributed by atoms with Gasteiger partial charge in [-0.1, -0.05) is 13.8 Å². The number of fused-ring (bicyclic) bond motifs is 1. The maximum absolute atomic E-state index is 12.8. The Balaban J connectivity index is 1.69. The molecule has 1 aliphatic carbocycles. The number of Topliss-reactive ketones (excluding diaryl/α,β-unsaturated/α-hetero) is 2. The molecule has 3 rings (SSSR count).